The third kappa shape index (κ3) is 2.39. The predicted octanol–water partition coefficient (Wildman–Crippen LogP) is 5.19. The molecule has 8 heteroatoms. The van der Waals surface area contributed by atoms with E-state index in [0.29, 0.717) is 17.2 Å². The lowest BCUT2D eigenvalue weighted by Gasteiger charge is -2.08. The van der Waals surface area contributed by atoms with Crippen molar-refractivity contribution >= 4 is 23.1 Å². The largest absolute Gasteiger partial charge is 0.338 e. The molecule has 5 nitrogen and oxygen atoms in total. The molecule has 4 heterocycles. The maximum atomic E-state index is 14.4. The van der Waals surface area contributed by atoms with Gasteiger partial charge in [-0.1, -0.05) is 11.6 Å². The van der Waals surface area contributed by atoms with Crippen LogP contribution in [0.1, 0.15) is 0 Å². The van der Waals surface area contributed by atoms with Crippen molar-refractivity contribution in [1.29, 1.82) is 0 Å². The fraction of sp³-hybridized carbons (Fsp3) is 0. The van der Waals surface area contributed by atoms with Gasteiger partial charge in [0.25, 0.3) is 0 Å². The van der Waals surface area contributed by atoms with Gasteiger partial charge in [-0.3, -0.25) is 4.98 Å². The number of aromatic amines is 1. The Hall–Kier alpha value is -3.32. The van der Waals surface area contributed by atoms with E-state index in [2.05, 4.69) is 25.3 Å². The molecule has 0 aliphatic carbocycles. The van der Waals surface area contributed by atoms with Gasteiger partial charge in [-0.15, -0.1) is 0 Å². The monoisotopic (exact) mass is 381 g/mol. The lowest BCUT2D eigenvalue weighted by Crippen LogP contribution is -1.96. The zero-order valence-corrected chi connectivity index (χ0v) is 14.4. The number of benzene rings is 1. The number of fused-ring (bicyclic) bond motifs is 5. The van der Waals surface area contributed by atoms with E-state index in [0.717, 1.165) is 22.9 Å². The van der Waals surface area contributed by atoms with Crippen molar-refractivity contribution in [3.05, 3.63) is 65.6 Å². The van der Waals surface area contributed by atoms with Crippen molar-refractivity contribution in [2.75, 3.05) is 5.32 Å². The van der Waals surface area contributed by atoms with Crippen LogP contribution in [-0.4, -0.2) is 19.9 Å². The molecule has 0 unspecified atom stereocenters. The normalized spacial score (nSPS) is 11.8. The van der Waals surface area contributed by atoms with Gasteiger partial charge in [0.2, 0.25) is 0 Å². The fourth-order valence-corrected chi connectivity index (χ4v) is 3.40. The minimum atomic E-state index is -1.05. The molecule has 2 N–H and O–H groups in total. The third-order valence-corrected chi connectivity index (χ3v) is 4.71. The summed E-state index contributed by atoms with van der Waals surface area (Å²) >= 11 is 6.13. The Balaban J connectivity index is 1.84. The molecule has 1 aliphatic heterocycles. The second-order valence-corrected chi connectivity index (χ2v) is 6.38. The van der Waals surface area contributed by atoms with Crippen molar-refractivity contribution < 1.29 is 8.78 Å². The Bertz CT molecular complexity index is 1140. The molecule has 0 radical (unpaired) electrons. The molecule has 3 aromatic heterocycles. The summed E-state index contributed by atoms with van der Waals surface area (Å²) in [4.78, 5) is 16.1. The molecule has 27 heavy (non-hydrogen) atoms. The van der Waals surface area contributed by atoms with Crippen LogP contribution in [0.3, 0.4) is 0 Å². The van der Waals surface area contributed by atoms with Crippen LogP contribution in [0, 0.1) is 11.6 Å². The van der Waals surface area contributed by atoms with Crippen LogP contribution in [0.25, 0.3) is 33.9 Å². The summed E-state index contributed by atoms with van der Waals surface area (Å²) in [6.45, 7) is 0. The van der Waals surface area contributed by atoms with Crippen molar-refractivity contribution in [2.24, 2.45) is 0 Å². The number of halogens is 3. The predicted molar refractivity (Wildman–Crippen MR) is 98.7 cm³/mol. The number of hydrogen-bond donors (Lipinski definition) is 2. The average molecular weight is 382 g/mol. The molecule has 0 saturated heterocycles. The first-order valence-electron chi connectivity index (χ1n) is 8.04. The highest BCUT2D eigenvalue weighted by atomic mass is 35.5. The lowest BCUT2D eigenvalue weighted by molar-refractivity contribution is 0.510. The van der Waals surface area contributed by atoms with Gasteiger partial charge in [-0.2, -0.15) is 0 Å². The number of aromatic nitrogens is 4. The summed E-state index contributed by atoms with van der Waals surface area (Å²) < 4.78 is 28.2. The maximum absolute atomic E-state index is 14.4. The van der Waals surface area contributed by atoms with Crippen LogP contribution >= 0.6 is 11.6 Å². The lowest BCUT2D eigenvalue weighted by atomic mass is 10.1. The Morgan fingerprint density at radius 1 is 1.00 bits per heavy atom. The first-order valence-corrected chi connectivity index (χ1v) is 8.42. The molecular weight excluding hydrogens is 372 g/mol. The van der Waals surface area contributed by atoms with Gasteiger partial charge in [0.15, 0.2) is 11.6 Å². The van der Waals surface area contributed by atoms with Crippen LogP contribution in [0.5, 0.6) is 0 Å². The standard InChI is InChI=1S/C19H10ClF2N5/c20-11-3-4-12(21)15(22)14(11)19-26-16-9-5-7-23-8-13(9)25-18-10(17(16)27-19)2-1-6-24-18/h1-8H,(H,24,25)(H,26,27). The number of pyridine rings is 2. The van der Waals surface area contributed by atoms with E-state index in [1.807, 2.05) is 6.07 Å². The summed E-state index contributed by atoms with van der Waals surface area (Å²) in [7, 11) is 0. The van der Waals surface area contributed by atoms with E-state index in [9.17, 15) is 8.78 Å². The highest BCUT2D eigenvalue weighted by Crippen LogP contribution is 2.43. The second kappa shape index (κ2) is 5.85. The van der Waals surface area contributed by atoms with Gasteiger partial charge in [0, 0.05) is 23.5 Å². The minimum absolute atomic E-state index is 0.0669. The van der Waals surface area contributed by atoms with E-state index in [1.54, 1.807) is 30.7 Å². The van der Waals surface area contributed by atoms with Crippen molar-refractivity contribution in [3.8, 4) is 33.9 Å². The van der Waals surface area contributed by atoms with Gasteiger partial charge in [-0.25, -0.2) is 18.7 Å². The molecule has 0 saturated carbocycles. The molecule has 1 aromatic carbocycles. The van der Waals surface area contributed by atoms with Gasteiger partial charge in [0.1, 0.15) is 17.3 Å². The molecule has 4 aromatic rings. The van der Waals surface area contributed by atoms with Crippen LogP contribution in [-0.2, 0) is 0 Å². The van der Waals surface area contributed by atoms with Gasteiger partial charge in [-0.05, 0) is 30.3 Å². The number of rotatable bonds is 1. The molecular formula is C19H10ClF2N5. The quantitative estimate of drug-likeness (QED) is 0.392. The van der Waals surface area contributed by atoms with Gasteiger partial charge >= 0.3 is 0 Å². The zero-order chi connectivity index (χ0) is 18.5. The molecule has 1 aliphatic rings. The Kier molecular flexibility index (Phi) is 3.45. The Morgan fingerprint density at radius 3 is 2.78 bits per heavy atom. The fourth-order valence-electron chi connectivity index (χ4n) is 3.16. The number of anilines is 2. The van der Waals surface area contributed by atoms with Gasteiger partial charge in [0.05, 0.1) is 28.2 Å². The highest BCUT2D eigenvalue weighted by Gasteiger charge is 2.26. The first kappa shape index (κ1) is 15.9. The number of imidazole rings is 1. The van der Waals surface area contributed by atoms with Crippen molar-refractivity contribution in [1.82, 2.24) is 19.9 Å². The Labute approximate surface area is 157 Å². The summed E-state index contributed by atoms with van der Waals surface area (Å²) in [6, 6.07) is 7.72. The summed E-state index contributed by atoms with van der Waals surface area (Å²) in [5.41, 5.74) is 3.31. The third-order valence-electron chi connectivity index (χ3n) is 4.39. The highest BCUT2D eigenvalue weighted by molar-refractivity contribution is 6.33. The molecule has 0 amide bonds. The van der Waals surface area contributed by atoms with Crippen LogP contribution in [0.2, 0.25) is 5.02 Å². The first-order chi connectivity index (χ1) is 13.1. The number of hydrogen-bond acceptors (Lipinski definition) is 4. The number of H-pyrrole nitrogens is 1. The van der Waals surface area contributed by atoms with Crippen LogP contribution < -0.4 is 5.32 Å². The van der Waals surface area contributed by atoms with Crippen molar-refractivity contribution in [3.63, 3.8) is 0 Å². The van der Waals surface area contributed by atoms with Crippen LogP contribution in [0.4, 0.5) is 20.3 Å². The Morgan fingerprint density at radius 2 is 1.89 bits per heavy atom. The summed E-state index contributed by atoms with van der Waals surface area (Å²) in [5, 5.41) is 3.30. The topological polar surface area (TPSA) is 66.5 Å². The number of nitrogens with zero attached hydrogens (tertiary/aromatic N) is 3. The zero-order valence-electron chi connectivity index (χ0n) is 13.6. The van der Waals surface area contributed by atoms with Crippen LogP contribution in [0.15, 0.2) is 48.9 Å². The van der Waals surface area contributed by atoms with E-state index in [4.69, 9.17) is 11.6 Å². The maximum Gasteiger partial charge on any atom is 0.171 e. The molecule has 0 spiro atoms. The molecule has 0 fully saturated rings. The SMILES string of the molecule is Fc1ccc(Cl)c(-c2nc3c([nH]2)-c2ccncc2Nc2ncccc2-3)c1F. The summed E-state index contributed by atoms with van der Waals surface area (Å²) in [6.07, 6.45) is 4.96. The van der Waals surface area contributed by atoms with E-state index >= 15 is 0 Å². The van der Waals surface area contributed by atoms with E-state index < -0.39 is 11.6 Å². The van der Waals surface area contributed by atoms with Gasteiger partial charge < -0.3 is 10.3 Å². The molecule has 5 rings (SSSR count). The van der Waals surface area contributed by atoms with Crippen molar-refractivity contribution in [2.45, 2.75) is 0 Å². The van der Waals surface area contributed by atoms with E-state index in [-0.39, 0.29) is 16.4 Å². The second-order valence-electron chi connectivity index (χ2n) is 5.97. The molecule has 0 bridgehead atoms. The summed E-state index contributed by atoms with van der Waals surface area (Å²) in [5.74, 6) is -1.31. The minimum Gasteiger partial charge on any atom is -0.338 e. The smallest absolute Gasteiger partial charge is 0.171 e. The molecule has 0 atom stereocenters. The molecule has 132 valence electrons. The average Bonchev–Trinajstić information content (AvgIpc) is 3.05. The van der Waals surface area contributed by atoms with E-state index in [1.165, 1.54) is 6.07 Å². The number of nitrogens with one attached hydrogen (secondary N) is 2.